The quantitative estimate of drug-likeness (QED) is 0.825. The number of hydrogen-bond donors (Lipinski definition) is 1. The first-order chi connectivity index (χ1) is 8.31. The van der Waals surface area contributed by atoms with Gasteiger partial charge in [0, 0.05) is 24.7 Å². The van der Waals surface area contributed by atoms with Crippen molar-refractivity contribution >= 4 is 0 Å². The first-order valence-electron chi connectivity index (χ1n) is 6.60. The van der Waals surface area contributed by atoms with Gasteiger partial charge < -0.3 is 10.2 Å². The van der Waals surface area contributed by atoms with Crippen LogP contribution in [0.5, 0.6) is 0 Å². The minimum atomic E-state index is 0.747. The Morgan fingerprint density at radius 1 is 1.35 bits per heavy atom. The molecule has 0 aliphatic carbocycles. The van der Waals surface area contributed by atoms with Gasteiger partial charge in [-0.2, -0.15) is 5.10 Å². The van der Waals surface area contributed by atoms with Gasteiger partial charge in [0.15, 0.2) is 0 Å². The van der Waals surface area contributed by atoms with E-state index in [1.54, 1.807) is 12.7 Å². The van der Waals surface area contributed by atoms with Crippen molar-refractivity contribution in [2.75, 3.05) is 13.6 Å². The number of rotatable bonds is 4. The van der Waals surface area contributed by atoms with E-state index in [4.69, 9.17) is 0 Å². The molecule has 2 aliphatic rings. The lowest BCUT2D eigenvalue weighted by molar-refractivity contribution is 0.166. The van der Waals surface area contributed by atoms with Gasteiger partial charge in [0.2, 0.25) is 0 Å². The maximum absolute atomic E-state index is 4.14. The van der Waals surface area contributed by atoms with Gasteiger partial charge in [-0.15, -0.1) is 0 Å². The highest BCUT2D eigenvalue weighted by atomic mass is 15.3. The highest BCUT2D eigenvalue weighted by molar-refractivity contribution is 4.95. The summed E-state index contributed by atoms with van der Waals surface area (Å²) in [6.07, 6.45) is 8.76. The van der Waals surface area contributed by atoms with Crippen molar-refractivity contribution in [3.63, 3.8) is 0 Å². The average Bonchev–Trinajstić information content (AvgIpc) is 2.96. The summed E-state index contributed by atoms with van der Waals surface area (Å²) >= 11 is 0. The zero-order valence-corrected chi connectivity index (χ0v) is 10.4. The summed E-state index contributed by atoms with van der Waals surface area (Å²) in [6, 6.07) is 2.29. The van der Waals surface area contributed by atoms with Crippen LogP contribution in [0.15, 0.2) is 12.7 Å². The molecule has 1 aromatic rings. The van der Waals surface area contributed by atoms with E-state index in [2.05, 4.69) is 27.3 Å². The Hall–Kier alpha value is -0.940. The van der Waals surface area contributed by atoms with E-state index >= 15 is 0 Å². The third kappa shape index (κ3) is 2.50. The standard InChI is InChI=1S/C12H21N5/c1-16(4-5-17-9-13-8-14-17)12-6-10-2-3-11(7-12)15-10/h8-12,15H,2-7H2,1H3. The summed E-state index contributed by atoms with van der Waals surface area (Å²) in [5.41, 5.74) is 0. The molecule has 2 atom stereocenters. The second kappa shape index (κ2) is 4.74. The molecule has 3 rings (SSSR count). The molecule has 5 heteroatoms. The molecule has 0 radical (unpaired) electrons. The van der Waals surface area contributed by atoms with Crippen LogP contribution in [0.25, 0.3) is 0 Å². The summed E-state index contributed by atoms with van der Waals surface area (Å²) < 4.78 is 1.91. The van der Waals surface area contributed by atoms with Crippen molar-refractivity contribution in [1.29, 1.82) is 0 Å². The molecule has 1 N–H and O–H groups in total. The molecule has 3 heterocycles. The van der Waals surface area contributed by atoms with Gasteiger partial charge >= 0.3 is 0 Å². The average molecular weight is 235 g/mol. The lowest BCUT2D eigenvalue weighted by Gasteiger charge is -2.35. The maximum Gasteiger partial charge on any atom is 0.137 e. The van der Waals surface area contributed by atoms with Crippen molar-refractivity contribution in [3.05, 3.63) is 12.7 Å². The highest BCUT2D eigenvalue weighted by Crippen LogP contribution is 2.29. The van der Waals surface area contributed by atoms with E-state index in [0.717, 1.165) is 31.2 Å². The summed E-state index contributed by atoms with van der Waals surface area (Å²) in [6.45, 7) is 2.00. The zero-order chi connectivity index (χ0) is 11.7. The van der Waals surface area contributed by atoms with Gasteiger partial charge in [0.25, 0.3) is 0 Å². The fourth-order valence-corrected chi connectivity index (χ4v) is 3.18. The van der Waals surface area contributed by atoms with Crippen LogP contribution in [0.4, 0.5) is 0 Å². The van der Waals surface area contributed by atoms with Crippen LogP contribution in [0.3, 0.4) is 0 Å². The molecule has 0 amide bonds. The molecule has 2 unspecified atom stereocenters. The molecule has 0 spiro atoms. The number of nitrogens with zero attached hydrogens (tertiary/aromatic N) is 4. The van der Waals surface area contributed by atoms with Crippen LogP contribution in [-0.2, 0) is 6.54 Å². The highest BCUT2D eigenvalue weighted by Gasteiger charge is 2.34. The molecule has 17 heavy (non-hydrogen) atoms. The largest absolute Gasteiger partial charge is 0.311 e. The first-order valence-corrected chi connectivity index (χ1v) is 6.60. The van der Waals surface area contributed by atoms with Gasteiger partial charge in [-0.1, -0.05) is 0 Å². The first kappa shape index (κ1) is 11.2. The molecule has 2 fully saturated rings. The predicted molar refractivity (Wildman–Crippen MR) is 65.6 cm³/mol. The third-order valence-corrected chi connectivity index (χ3v) is 4.22. The number of nitrogens with one attached hydrogen (secondary N) is 1. The molecular formula is C12H21N5. The number of hydrogen-bond acceptors (Lipinski definition) is 4. The minimum Gasteiger partial charge on any atom is -0.311 e. The lowest BCUT2D eigenvalue weighted by Crippen LogP contribution is -2.47. The molecule has 2 saturated heterocycles. The smallest absolute Gasteiger partial charge is 0.137 e. The van der Waals surface area contributed by atoms with Crippen molar-refractivity contribution in [2.45, 2.75) is 50.4 Å². The zero-order valence-electron chi connectivity index (χ0n) is 10.4. The van der Waals surface area contributed by atoms with Crippen molar-refractivity contribution < 1.29 is 0 Å². The van der Waals surface area contributed by atoms with E-state index in [1.165, 1.54) is 25.7 Å². The Balaban J connectivity index is 1.50. The van der Waals surface area contributed by atoms with Gasteiger partial charge in [-0.25, -0.2) is 4.98 Å². The Morgan fingerprint density at radius 2 is 2.12 bits per heavy atom. The Bertz CT molecular complexity index is 338. The van der Waals surface area contributed by atoms with E-state index in [1.807, 2.05) is 4.68 Å². The molecule has 2 bridgehead atoms. The van der Waals surface area contributed by atoms with Crippen molar-refractivity contribution in [2.24, 2.45) is 0 Å². The Labute approximate surface area is 102 Å². The number of piperidine rings is 1. The van der Waals surface area contributed by atoms with E-state index in [-0.39, 0.29) is 0 Å². The van der Waals surface area contributed by atoms with Crippen molar-refractivity contribution in [1.82, 2.24) is 25.0 Å². The van der Waals surface area contributed by atoms with Gasteiger partial charge in [0.05, 0.1) is 6.54 Å². The predicted octanol–water partition coefficient (Wildman–Crippen LogP) is 0.493. The topological polar surface area (TPSA) is 46.0 Å². The number of likely N-dealkylation sites (N-methyl/N-ethyl adjacent to an activating group) is 1. The fraction of sp³-hybridized carbons (Fsp3) is 0.833. The Morgan fingerprint density at radius 3 is 2.76 bits per heavy atom. The second-order valence-electron chi connectivity index (χ2n) is 5.40. The summed E-state index contributed by atoms with van der Waals surface area (Å²) in [5.74, 6) is 0. The molecule has 94 valence electrons. The van der Waals surface area contributed by atoms with Crippen LogP contribution in [-0.4, -0.2) is 51.4 Å². The van der Waals surface area contributed by atoms with E-state index in [0.29, 0.717) is 0 Å². The van der Waals surface area contributed by atoms with Crippen molar-refractivity contribution in [3.8, 4) is 0 Å². The van der Waals surface area contributed by atoms with Crippen LogP contribution in [0, 0.1) is 0 Å². The minimum absolute atomic E-state index is 0.747. The van der Waals surface area contributed by atoms with Gasteiger partial charge in [-0.3, -0.25) is 4.68 Å². The number of fused-ring (bicyclic) bond motifs is 2. The van der Waals surface area contributed by atoms with Crippen LogP contribution >= 0.6 is 0 Å². The van der Waals surface area contributed by atoms with E-state index in [9.17, 15) is 0 Å². The normalized spacial score (nSPS) is 32.2. The molecule has 0 aromatic carbocycles. The Kier molecular flexibility index (Phi) is 3.11. The number of aromatic nitrogens is 3. The molecule has 5 nitrogen and oxygen atoms in total. The van der Waals surface area contributed by atoms with E-state index < -0.39 is 0 Å². The summed E-state index contributed by atoms with van der Waals surface area (Å²) in [5, 5.41) is 7.83. The van der Waals surface area contributed by atoms with Gasteiger partial charge in [0.1, 0.15) is 12.7 Å². The third-order valence-electron chi connectivity index (χ3n) is 4.22. The molecular weight excluding hydrogens is 214 g/mol. The molecule has 2 aliphatic heterocycles. The van der Waals surface area contributed by atoms with Crippen LogP contribution < -0.4 is 5.32 Å². The van der Waals surface area contributed by atoms with Gasteiger partial charge in [-0.05, 0) is 32.7 Å². The summed E-state index contributed by atoms with van der Waals surface area (Å²) in [7, 11) is 2.24. The fourth-order valence-electron chi connectivity index (χ4n) is 3.18. The monoisotopic (exact) mass is 235 g/mol. The SMILES string of the molecule is CN(CCn1cncn1)C1CC2CCC(C1)N2. The second-order valence-corrected chi connectivity index (χ2v) is 5.40. The maximum atomic E-state index is 4.14. The summed E-state index contributed by atoms with van der Waals surface area (Å²) in [4.78, 5) is 6.46. The lowest BCUT2D eigenvalue weighted by atomic mass is 9.98. The molecule has 1 aromatic heterocycles. The molecule has 0 saturated carbocycles. The van der Waals surface area contributed by atoms with Crippen LogP contribution in [0.2, 0.25) is 0 Å². The van der Waals surface area contributed by atoms with Crippen LogP contribution in [0.1, 0.15) is 25.7 Å².